The largest absolute Gasteiger partial charge is 1.00 e. The van der Waals surface area contributed by atoms with Crippen molar-refractivity contribution in [3.63, 3.8) is 0 Å². The maximum Gasteiger partial charge on any atom is 1.00 e. The van der Waals surface area contributed by atoms with Crippen molar-refractivity contribution in [2.45, 2.75) is 24.5 Å². The Kier molecular flexibility index (Phi) is 17.5. The average molecular weight is 605 g/mol. The van der Waals surface area contributed by atoms with Crippen LogP contribution in [0, 0.1) is 0 Å². The van der Waals surface area contributed by atoms with Crippen LogP contribution in [0.2, 0.25) is 0 Å². The number of phosphoric acid groups is 3. The number of hydrogen-bond donors (Lipinski definition) is 5. The summed E-state index contributed by atoms with van der Waals surface area (Å²) in [5, 5.41) is 20.4. The monoisotopic (exact) mass is 605 g/mol. The molecule has 198 valence electrons. The van der Waals surface area contributed by atoms with E-state index in [0.717, 1.165) is 6.33 Å². The Morgan fingerprint density at radius 2 is 1.58 bits per heavy atom. The van der Waals surface area contributed by atoms with Crippen LogP contribution in [0.1, 0.15) is 6.23 Å². The van der Waals surface area contributed by atoms with E-state index in [1.165, 1.54) is 10.9 Å². The predicted molar refractivity (Wildman–Crippen MR) is 102 cm³/mol. The molecule has 21 nitrogen and oxygen atoms in total. The van der Waals surface area contributed by atoms with Gasteiger partial charge in [-0.05, 0) is 0 Å². The molecule has 0 amide bonds. The zero-order valence-corrected chi connectivity index (χ0v) is 25.0. The van der Waals surface area contributed by atoms with Crippen LogP contribution in [0.5, 0.6) is 0 Å². The van der Waals surface area contributed by atoms with Crippen molar-refractivity contribution in [1.82, 2.24) is 19.5 Å². The van der Waals surface area contributed by atoms with Gasteiger partial charge >= 0.3 is 66.9 Å². The molecule has 0 spiro atoms. The van der Waals surface area contributed by atoms with E-state index < -0.39 is 54.6 Å². The number of ether oxygens (including phenoxy) is 1. The summed E-state index contributed by atoms with van der Waals surface area (Å²) in [7, 11) is -17.4. The number of fused-ring (bicyclic) bond motifs is 1. The van der Waals surface area contributed by atoms with E-state index >= 15 is 0 Å². The topological polar surface area (TPSA) is 379 Å². The van der Waals surface area contributed by atoms with Crippen molar-refractivity contribution in [3.8, 4) is 0 Å². The van der Waals surface area contributed by atoms with Crippen molar-refractivity contribution >= 4 is 40.4 Å². The molecule has 6 atom stereocenters. The first-order valence-corrected chi connectivity index (χ1v) is 12.3. The number of nitrogens with two attached hydrogens (primary N) is 1. The molecule has 3 heterocycles. The molecular formula is C10H20N5Na2O16P3. The van der Waals surface area contributed by atoms with Gasteiger partial charge in [0, 0.05) is 0 Å². The molecule has 1 saturated heterocycles. The van der Waals surface area contributed by atoms with Gasteiger partial charge in [-0.15, -0.1) is 0 Å². The van der Waals surface area contributed by atoms with Gasteiger partial charge in [-0.2, -0.15) is 0 Å². The smallest absolute Gasteiger partial charge is 0.756 e. The minimum Gasteiger partial charge on any atom is -0.756 e. The van der Waals surface area contributed by atoms with Gasteiger partial charge in [-0.3, -0.25) is 13.7 Å². The summed E-state index contributed by atoms with van der Waals surface area (Å²) >= 11 is 0. The van der Waals surface area contributed by atoms with Crippen LogP contribution < -0.4 is 74.6 Å². The number of aromatic nitrogens is 4. The van der Waals surface area contributed by atoms with Gasteiger partial charge in [-0.25, -0.2) is 28.1 Å². The van der Waals surface area contributed by atoms with Crippen molar-refractivity contribution in [2.75, 3.05) is 12.3 Å². The van der Waals surface area contributed by atoms with Gasteiger partial charge in [0.05, 0.1) is 12.9 Å². The van der Waals surface area contributed by atoms with Gasteiger partial charge in [0.2, 0.25) is 0 Å². The zero-order chi connectivity index (χ0) is 23.2. The fourth-order valence-corrected chi connectivity index (χ4v) is 5.54. The Morgan fingerprint density at radius 1 is 1.00 bits per heavy atom. The van der Waals surface area contributed by atoms with Crippen LogP contribution in [0.15, 0.2) is 12.7 Å². The summed E-state index contributed by atoms with van der Waals surface area (Å²) in [6.07, 6.45) is -3.89. The van der Waals surface area contributed by atoms with Crippen molar-refractivity contribution in [2.24, 2.45) is 0 Å². The summed E-state index contributed by atoms with van der Waals surface area (Å²) in [5.41, 5.74) is 5.95. The molecule has 12 N–H and O–H groups in total. The summed E-state index contributed by atoms with van der Waals surface area (Å²) in [4.78, 5) is 51.3. The van der Waals surface area contributed by atoms with Gasteiger partial charge < -0.3 is 61.2 Å². The fraction of sp³-hybridized carbons (Fsp3) is 0.500. The number of imidazole rings is 1. The van der Waals surface area contributed by atoms with Gasteiger partial charge in [-0.1, -0.05) is 0 Å². The van der Waals surface area contributed by atoms with E-state index in [4.69, 9.17) is 20.3 Å². The number of nitrogen functional groups attached to an aromatic ring is 1. The van der Waals surface area contributed by atoms with E-state index in [1.54, 1.807) is 0 Å². The molecule has 6 unspecified atom stereocenters. The third kappa shape index (κ3) is 10.2. The van der Waals surface area contributed by atoms with Crippen molar-refractivity contribution < 1.29 is 137 Å². The Morgan fingerprint density at radius 3 is 2.14 bits per heavy atom. The molecule has 26 heteroatoms. The number of hydrogen-bond acceptors (Lipinski definition) is 15. The van der Waals surface area contributed by atoms with Gasteiger partial charge in [0.1, 0.15) is 30.2 Å². The van der Waals surface area contributed by atoms with E-state index in [2.05, 4.69) is 28.1 Å². The number of rotatable bonds is 8. The molecule has 0 bridgehead atoms. The quantitative estimate of drug-likeness (QED) is 0.138. The third-order valence-corrected chi connectivity index (χ3v) is 7.52. The molecule has 0 aromatic carbocycles. The minimum absolute atomic E-state index is 0. The third-order valence-electron chi connectivity index (χ3n) is 3.80. The molecule has 1 aliphatic rings. The SMILES string of the molecule is Nc1ncnc2c1ncn2C1OC(COP(=O)([O-])OP(=O)([O-])OP(=O)(O)O)C(O)C1O.O.O.O.[Na+].[Na+]. The standard InChI is InChI=1S/C10H16N5O13P3.2Na.3H2O/c11-8-5-9(13-2-12-8)15(3-14-5)10-7(17)6(16)4(26-10)1-25-30(21,22)28-31(23,24)27-29(18,19)20;;;;;/h2-4,6-7,10,16-17H,1H2,(H,21,22)(H,23,24)(H2,11,12,13)(H2,18,19,20);;;3*1H2/q;2*+1;;;/p-2. The number of aliphatic hydroxyl groups excluding tert-OH is 2. The van der Waals surface area contributed by atoms with Crippen LogP contribution in [0.3, 0.4) is 0 Å². The van der Waals surface area contributed by atoms with Crippen LogP contribution in [-0.2, 0) is 31.6 Å². The number of aliphatic hydroxyl groups is 2. The Balaban J connectivity index is -0.00000218. The van der Waals surface area contributed by atoms with E-state index in [-0.39, 0.29) is 92.5 Å². The molecule has 1 fully saturated rings. The first-order chi connectivity index (χ1) is 14.2. The second-order valence-corrected chi connectivity index (χ2v) is 10.3. The van der Waals surface area contributed by atoms with E-state index in [1.807, 2.05) is 0 Å². The van der Waals surface area contributed by atoms with Crippen molar-refractivity contribution in [3.05, 3.63) is 12.7 Å². The molecule has 2 aromatic rings. The zero-order valence-electron chi connectivity index (χ0n) is 18.3. The molecular weight excluding hydrogens is 585 g/mol. The second-order valence-electron chi connectivity index (χ2n) is 5.97. The first kappa shape index (κ1) is 41.0. The van der Waals surface area contributed by atoms with Crippen LogP contribution >= 0.6 is 23.5 Å². The molecule has 2 aromatic heterocycles. The van der Waals surface area contributed by atoms with E-state index in [0.29, 0.717) is 0 Å². The Labute approximate surface area is 244 Å². The maximum atomic E-state index is 11.6. The number of nitrogens with zero attached hydrogens (tertiary/aromatic N) is 4. The van der Waals surface area contributed by atoms with E-state index in [9.17, 15) is 33.7 Å². The fourth-order valence-electron chi connectivity index (χ4n) is 2.61. The maximum absolute atomic E-state index is 11.6. The van der Waals surface area contributed by atoms with Gasteiger partial charge in [0.15, 0.2) is 17.7 Å². The van der Waals surface area contributed by atoms with Crippen LogP contribution in [0.25, 0.3) is 11.2 Å². The summed E-state index contributed by atoms with van der Waals surface area (Å²) in [6, 6.07) is 0. The Bertz CT molecular complexity index is 1120. The normalized spacial score (nSPS) is 24.5. The molecule has 0 radical (unpaired) electrons. The van der Waals surface area contributed by atoms with Crippen LogP contribution in [0.4, 0.5) is 5.82 Å². The summed E-state index contributed by atoms with van der Waals surface area (Å²) in [5.74, 6) is 0.0284. The number of anilines is 1. The molecule has 0 saturated carbocycles. The summed E-state index contributed by atoms with van der Waals surface area (Å²) < 4.78 is 50.9. The molecule has 3 rings (SSSR count). The minimum atomic E-state index is -6.01. The second kappa shape index (κ2) is 15.3. The van der Waals surface area contributed by atoms with Crippen molar-refractivity contribution in [1.29, 1.82) is 0 Å². The Hall–Kier alpha value is 0.520. The molecule has 1 aliphatic heterocycles. The summed E-state index contributed by atoms with van der Waals surface area (Å²) in [6.45, 7) is -1.05. The van der Waals surface area contributed by atoms with Gasteiger partial charge in [0.25, 0.3) is 15.6 Å². The average Bonchev–Trinajstić information content (AvgIpc) is 3.13. The number of phosphoric ester groups is 1. The first-order valence-electron chi connectivity index (χ1n) is 7.88. The predicted octanol–water partition coefficient (Wildman–Crippen LogP) is -11.4. The van der Waals surface area contributed by atoms with Crippen LogP contribution in [-0.4, -0.2) is 80.9 Å². The molecule has 0 aliphatic carbocycles. The molecule has 36 heavy (non-hydrogen) atoms.